The van der Waals surface area contributed by atoms with E-state index >= 15 is 0 Å². The molecule has 1 atom stereocenters. The first-order valence-electron chi connectivity index (χ1n) is 7.20. The van der Waals surface area contributed by atoms with Gasteiger partial charge in [0.2, 0.25) is 5.91 Å². The van der Waals surface area contributed by atoms with Crippen LogP contribution in [0.5, 0.6) is 5.75 Å². The molecule has 0 saturated heterocycles. The molecule has 128 valence electrons. The highest BCUT2D eigenvalue weighted by molar-refractivity contribution is 8.00. The van der Waals surface area contributed by atoms with Crippen LogP contribution in [0.15, 0.2) is 29.4 Å². The lowest BCUT2D eigenvalue weighted by Crippen LogP contribution is -2.41. The van der Waals surface area contributed by atoms with Crippen molar-refractivity contribution in [3.05, 3.63) is 24.3 Å². The minimum atomic E-state index is -0.542. The minimum Gasteiger partial charge on any atom is -0.496 e. The standard InChI is InChI=1S/C15H19N5O3S/c1-9(13(21)17-14(22)16-2)24-15-19-18-12(20(15)3)10-7-5-6-8-11(10)23-4/h5-9H,1-4H3,(H2,16,17,21,22)/t9-/m1/s1. The number of hydrogen-bond acceptors (Lipinski definition) is 6. The first kappa shape index (κ1) is 17.8. The predicted octanol–water partition coefficient (Wildman–Crippen LogP) is 1.43. The molecule has 0 spiro atoms. The smallest absolute Gasteiger partial charge is 0.321 e. The summed E-state index contributed by atoms with van der Waals surface area (Å²) >= 11 is 1.22. The Kier molecular flexibility index (Phi) is 5.80. The quantitative estimate of drug-likeness (QED) is 0.793. The Morgan fingerprint density at radius 2 is 2.00 bits per heavy atom. The van der Waals surface area contributed by atoms with E-state index in [2.05, 4.69) is 20.8 Å². The van der Waals surface area contributed by atoms with E-state index in [0.29, 0.717) is 16.7 Å². The number of ether oxygens (including phenoxy) is 1. The number of aromatic nitrogens is 3. The first-order valence-corrected chi connectivity index (χ1v) is 8.08. The second-order valence-electron chi connectivity index (χ2n) is 4.89. The maximum absolute atomic E-state index is 11.9. The molecule has 0 saturated carbocycles. The van der Waals surface area contributed by atoms with E-state index in [-0.39, 0.29) is 0 Å². The Balaban J connectivity index is 2.18. The van der Waals surface area contributed by atoms with E-state index in [1.807, 2.05) is 31.3 Å². The molecule has 0 aliphatic carbocycles. The molecule has 0 bridgehead atoms. The second-order valence-corrected chi connectivity index (χ2v) is 6.20. The maximum Gasteiger partial charge on any atom is 0.321 e. The summed E-state index contributed by atoms with van der Waals surface area (Å²) in [4.78, 5) is 23.1. The number of methoxy groups -OCH3 is 1. The fourth-order valence-corrected chi connectivity index (χ4v) is 2.78. The minimum absolute atomic E-state index is 0.402. The summed E-state index contributed by atoms with van der Waals surface area (Å²) in [5, 5.41) is 13.0. The van der Waals surface area contributed by atoms with E-state index in [4.69, 9.17) is 4.74 Å². The van der Waals surface area contributed by atoms with Gasteiger partial charge < -0.3 is 14.6 Å². The molecule has 24 heavy (non-hydrogen) atoms. The molecule has 0 aliphatic heterocycles. The molecule has 0 radical (unpaired) electrons. The maximum atomic E-state index is 11.9. The molecule has 1 aromatic carbocycles. The van der Waals surface area contributed by atoms with Crippen LogP contribution < -0.4 is 15.4 Å². The molecule has 2 rings (SSSR count). The Bertz CT molecular complexity index is 746. The molecule has 2 aromatic rings. The van der Waals surface area contributed by atoms with Gasteiger partial charge in [0.05, 0.1) is 17.9 Å². The van der Waals surface area contributed by atoms with Gasteiger partial charge in [-0.2, -0.15) is 0 Å². The van der Waals surface area contributed by atoms with Crippen molar-refractivity contribution < 1.29 is 14.3 Å². The number of imide groups is 1. The summed E-state index contributed by atoms with van der Waals surface area (Å²) in [5.74, 6) is 0.921. The number of nitrogens with zero attached hydrogens (tertiary/aromatic N) is 3. The van der Waals surface area contributed by atoms with Crippen molar-refractivity contribution in [1.82, 2.24) is 25.4 Å². The number of benzene rings is 1. The van der Waals surface area contributed by atoms with Crippen molar-refractivity contribution in [2.45, 2.75) is 17.3 Å². The summed E-state index contributed by atoms with van der Waals surface area (Å²) < 4.78 is 7.13. The van der Waals surface area contributed by atoms with E-state index in [9.17, 15) is 9.59 Å². The van der Waals surface area contributed by atoms with Crippen LogP contribution in [0.1, 0.15) is 6.92 Å². The zero-order valence-corrected chi connectivity index (χ0v) is 14.7. The van der Waals surface area contributed by atoms with Gasteiger partial charge in [-0.05, 0) is 19.1 Å². The van der Waals surface area contributed by atoms with Crippen molar-refractivity contribution in [3.8, 4) is 17.1 Å². The van der Waals surface area contributed by atoms with Crippen molar-refractivity contribution in [2.75, 3.05) is 14.2 Å². The number of amides is 3. The zero-order chi connectivity index (χ0) is 17.7. The van der Waals surface area contributed by atoms with E-state index in [0.717, 1.165) is 5.56 Å². The monoisotopic (exact) mass is 349 g/mol. The fourth-order valence-electron chi connectivity index (χ4n) is 1.97. The third kappa shape index (κ3) is 3.85. The highest BCUT2D eigenvalue weighted by Gasteiger charge is 2.21. The first-order chi connectivity index (χ1) is 11.5. The summed E-state index contributed by atoms with van der Waals surface area (Å²) in [5.41, 5.74) is 0.810. The molecule has 9 heteroatoms. The number of para-hydroxylation sites is 1. The molecule has 1 aromatic heterocycles. The van der Waals surface area contributed by atoms with E-state index in [1.165, 1.54) is 18.8 Å². The third-order valence-corrected chi connectivity index (χ3v) is 4.43. The second kappa shape index (κ2) is 7.82. The molecule has 0 fully saturated rings. The number of urea groups is 1. The largest absolute Gasteiger partial charge is 0.496 e. The van der Waals surface area contributed by atoms with Gasteiger partial charge in [0.25, 0.3) is 0 Å². The normalized spacial score (nSPS) is 11.7. The van der Waals surface area contributed by atoms with Gasteiger partial charge in [-0.3, -0.25) is 10.1 Å². The number of rotatable bonds is 5. The van der Waals surface area contributed by atoms with Crippen molar-refractivity contribution in [3.63, 3.8) is 0 Å². The SMILES string of the molecule is CNC(=O)NC(=O)[C@@H](C)Sc1nnc(-c2ccccc2OC)n1C. The lowest BCUT2D eigenvalue weighted by molar-refractivity contribution is -0.119. The molecule has 0 aliphatic rings. The van der Waals surface area contributed by atoms with Gasteiger partial charge in [0.1, 0.15) is 5.75 Å². The number of carbonyl (C=O) groups excluding carboxylic acids is 2. The predicted molar refractivity (Wildman–Crippen MR) is 90.9 cm³/mol. The summed E-state index contributed by atoms with van der Waals surface area (Å²) in [6.07, 6.45) is 0. The number of nitrogens with one attached hydrogen (secondary N) is 2. The summed E-state index contributed by atoms with van der Waals surface area (Å²) in [6.45, 7) is 1.69. The van der Waals surface area contributed by atoms with Gasteiger partial charge in [-0.1, -0.05) is 23.9 Å². The Morgan fingerprint density at radius 3 is 2.67 bits per heavy atom. The van der Waals surface area contributed by atoms with Gasteiger partial charge in [0, 0.05) is 14.1 Å². The lowest BCUT2D eigenvalue weighted by atomic mass is 10.2. The van der Waals surface area contributed by atoms with E-state index in [1.54, 1.807) is 18.6 Å². The molecular weight excluding hydrogens is 330 g/mol. The van der Waals surface area contributed by atoms with Gasteiger partial charge in [-0.15, -0.1) is 10.2 Å². The Hall–Kier alpha value is -2.55. The average molecular weight is 349 g/mol. The van der Waals surface area contributed by atoms with Crippen LogP contribution in [0.3, 0.4) is 0 Å². The molecular formula is C15H19N5O3S. The topological polar surface area (TPSA) is 98.1 Å². The van der Waals surface area contributed by atoms with Crippen molar-refractivity contribution >= 4 is 23.7 Å². The highest BCUT2D eigenvalue weighted by Crippen LogP contribution is 2.30. The lowest BCUT2D eigenvalue weighted by Gasteiger charge is -2.11. The highest BCUT2D eigenvalue weighted by atomic mass is 32.2. The molecule has 2 N–H and O–H groups in total. The molecule has 1 heterocycles. The average Bonchev–Trinajstić information content (AvgIpc) is 2.95. The van der Waals surface area contributed by atoms with Crippen LogP contribution >= 0.6 is 11.8 Å². The molecule has 8 nitrogen and oxygen atoms in total. The number of hydrogen-bond donors (Lipinski definition) is 2. The van der Waals surface area contributed by atoms with Crippen molar-refractivity contribution in [1.29, 1.82) is 0 Å². The summed E-state index contributed by atoms with van der Waals surface area (Å²) in [7, 11) is 4.85. The zero-order valence-electron chi connectivity index (χ0n) is 13.9. The number of carbonyl (C=O) groups is 2. The Labute approximate surface area is 144 Å². The molecule has 0 unspecified atom stereocenters. The van der Waals surface area contributed by atoms with Crippen LogP contribution in [-0.2, 0) is 11.8 Å². The van der Waals surface area contributed by atoms with Gasteiger partial charge >= 0.3 is 6.03 Å². The Morgan fingerprint density at radius 1 is 1.29 bits per heavy atom. The number of thioether (sulfide) groups is 1. The molecule has 3 amide bonds. The van der Waals surface area contributed by atoms with Crippen LogP contribution in [0.2, 0.25) is 0 Å². The fraction of sp³-hybridized carbons (Fsp3) is 0.333. The third-order valence-electron chi connectivity index (χ3n) is 3.30. The van der Waals surface area contributed by atoms with Crippen LogP contribution in [0.4, 0.5) is 4.79 Å². The van der Waals surface area contributed by atoms with Crippen LogP contribution in [0.25, 0.3) is 11.4 Å². The van der Waals surface area contributed by atoms with Gasteiger partial charge in [0.15, 0.2) is 11.0 Å². The van der Waals surface area contributed by atoms with Crippen molar-refractivity contribution in [2.24, 2.45) is 7.05 Å². The summed E-state index contributed by atoms with van der Waals surface area (Å²) in [6, 6.07) is 6.95. The van der Waals surface area contributed by atoms with Gasteiger partial charge in [-0.25, -0.2) is 4.79 Å². The van der Waals surface area contributed by atoms with Crippen LogP contribution in [-0.4, -0.2) is 46.1 Å². The van der Waals surface area contributed by atoms with Crippen LogP contribution in [0, 0.1) is 0 Å². The van der Waals surface area contributed by atoms with E-state index < -0.39 is 17.2 Å².